The van der Waals surface area contributed by atoms with Gasteiger partial charge in [-0.15, -0.1) is 0 Å². The van der Waals surface area contributed by atoms with E-state index < -0.39 is 5.97 Å². The lowest BCUT2D eigenvalue weighted by atomic mass is 10.1. The van der Waals surface area contributed by atoms with E-state index >= 15 is 0 Å². The summed E-state index contributed by atoms with van der Waals surface area (Å²) in [6.07, 6.45) is 2.31. The van der Waals surface area contributed by atoms with E-state index in [0.29, 0.717) is 5.69 Å². The largest absolute Gasteiger partial charge is 0.462 e. The monoisotopic (exact) mass is 293 g/mol. The molecule has 0 saturated carbocycles. The van der Waals surface area contributed by atoms with Crippen LogP contribution >= 0.6 is 0 Å². The van der Waals surface area contributed by atoms with Crippen LogP contribution in [-0.2, 0) is 14.3 Å². The van der Waals surface area contributed by atoms with Gasteiger partial charge in [0.15, 0.2) is 0 Å². The van der Waals surface area contributed by atoms with Crippen molar-refractivity contribution in [2.45, 2.75) is 25.0 Å². The molecule has 1 aliphatic rings. The third kappa shape index (κ3) is 3.89. The minimum atomic E-state index is -0.431. The summed E-state index contributed by atoms with van der Waals surface area (Å²) in [5.74, 6) is -0.178. The molecule has 114 valence electrons. The van der Waals surface area contributed by atoms with Crippen molar-refractivity contribution >= 4 is 18.1 Å². The van der Waals surface area contributed by atoms with Gasteiger partial charge in [-0.25, -0.2) is 4.99 Å². The molecule has 0 aromatic carbocycles. The summed E-state index contributed by atoms with van der Waals surface area (Å²) in [7, 11) is 0. The van der Waals surface area contributed by atoms with Gasteiger partial charge in [-0.3, -0.25) is 10.2 Å². The first-order valence-electron chi connectivity index (χ1n) is 6.66. The standard InChI is InChI=1S/C13H19N5O3/c14-5-12(19)20-6-8-1-4-11(21-8)9-2-3-10(18-9)13(16)17-7-15/h2-3,7-8,11,18H,1,4-6,14H2,(H3,15,16,17). The Morgan fingerprint density at radius 2 is 2.38 bits per heavy atom. The molecule has 0 aliphatic carbocycles. The molecule has 1 aromatic rings. The van der Waals surface area contributed by atoms with Crippen molar-refractivity contribution in [1.29, 1.82) is 5.41 Å². The number of aromatic amines is 1. The molecule has 8 nitrogen and oxygen atoms in total. The van der Waals surface area contributed by atoms with Gasteiger partial charge in [0.1, 0.15) is 18.8 Å². The zero-order valence-corrected chi connectivity index (χ0v) is 11.5. The van der Waals surface area contributed by atoms with E-state index in [1.807, 2.05) is 6.07 Å². The molecule has 0 radical (unpaired) electrons. The Kier molecular flexibility index (Phi) is 5.07. The highest BCUT2D eigenvalue weighted by Crippen LogP contribution is 2.32. The van der Waals surface area contributed by atoms with Crippen LogP contribution in [0.15, 0.2) is 17.1 Å². The lowest BCUT2D eigenvalue weighted by Crippen LogP contribution is -2.23. The maximum Gasteiger partial charge on any atom is 0.319 e. The molecule has 0 bridgehead atoms. The van der Waals surface area contributed by atoms with Crippen LogP contribution in [0.25, 0.3) is 0 Å². The fraction of sp³-hybridized carbons (Fsp3) is 0.462. The van der Waals surface area contributed by atoms with Crippen LogP contribution in [0.5, 0.6) is 0 Å². The van der Waals surface area contributed by atoms with E-state index in [0.717, 1.165) is 24.9 Å². The molecule has 1 saturated heterocycles. The average molecular weight is 293 g/mol. The number of carbonyl (C=O) groups is 1. The van der Waals surface area contributed by atoms with Crippen LogP contribution < -0.4 is 11.5 Å². The second-order valence-corrected chi connectivity index (χ2v) is 4.68. The van der Waals surface area contributed by atoms with Crippen molar-refractivity contribution < 1.29 is 14.3 Å². The van der Waals surface area contributed by atoms with Crippen molar-refractivity contribution in [1.82, 2.24) is 4.98 Å². The first kappa shape index (κ1) is 15.2. The minimum absolute atomic E-state index is 0.0897. The fourth-order valence-corrected chi connectivity index (χ4v) is 2.19. The van der Waals surface area contributed by atoms with Crippen molar-refractivity contribution in [2.24, 2.45) is 16.5 Å². The molecular weight excluding hydrogens is 274 g/mol. The Morgan fingerprint density at radius 1 is 1.57 bits per heavy atom. The second-order valence-electron chi connectivity index (χ2n) is 4.68. The Bertz CT molecular complexity index is 540. The Balaban J connectivity index is 1.91. The highest BCUT2D eigenvalue weighted by atomic mass is 16.6. The van der Waals surface area contributed by atoms with E-state index in [1.54, 1.807) is 6.07 Å². The number of aromatic nitrogens is 1. The van der Waals surface area contributed by atoms with Crippen LogP contribution in [0, 0.1) is 5.41 Å². The molecule has 8 heteroatoms. The molecule has 2 unspecified atom stereocenters. The molecule has 0 amide bonds. The third-order valence-corrected chi connectivity index (χ3v) is 3.24. The number of nitrogens with zero attached hydrogens (tertiary/aromatic N) is 1. The van der Waals surface area contributed by atoms with Crippen LogP contribution in [0.2, 0.25) is 0 Å². The quantitative estimate of drug-likeness (QED) is 0.333. The second kappa shape index (κ2) is 7.00. The molecule has 2 atom stereocenters. The summed E-state index contributed by atoms with van der Waals surface area (Å²) in [6.45, 7) is 0.0965. The van der Waals surface area contributed by atoms with Gasteiger partial charge in [0, 0.05) is 5.69 Å². The first-order valence-corrected chi connectivity index (χ1v) is 6.66. The smallest absolute Gasteiger partial charge is 0.319 e. The number of nitrogens with two attached hydrogens (primary N) is 2. The van der Waals surface area contributed by atoms with Crippen molar-refractivity contribution in [2.75, 3.05) is 13.2 Å². The molecule has 0 spiro atoms. The van der Waals surface area contributed by atoms with Gasteiger partial charge in [0.25, 0.3) is 0 Å². The number of nitrogens with one attached hydrogen (secondary N) is 2. The van der Waals surface area contributed by atoms with Crippen molar-refractivity contribution in [3.63, 3.8) is 0 Å². The van der Waals surface area contributed by atoms with Gasteiger partial charge >= 0.3 is 5.97 Å². The zero-order valence-electron chi connectivity index (χ0n) is 11.5. The Morgan fingerprint density at radius 3 is 3.10 bits per heavy atom. The molecule has 2 heterocycles. The van der Waals surface area contributed by atoms with E-state index in [-0.39, 0.29) is 31.2 Å². The summed E-state index contributed by atoms with van der Waals surface area (Å²) in [4.78, 5) is 17.8. The van der Waals surface area contributed by atoms with Crippen molar-refractivity contribution in [3.8, 4) is 0 Å². The molecule has 2 rings (SSSR count). The highest BCUT2D eigenvalue weighted by molar-refractivity contribution is 5.99. The zero-order chi connectivity index (χ0) is 15.2. The van der Waals surface area contributed by atoms with Crippen LogP contribution in [-0.4, -0.2) is 42.4 Å². The maximum atomic E-state index is 11.0. The predicted molar refractivity (Wildman–Crippen MR) is 77.2 cm³/mol. The van der Waals surface area contributed by atoms with E-state index in [9.17, 15) is 4.79 Å². The fourth-order valence-electron chi connectivity index (χ4n) is 2.19. The molecule has 1 aliphatic heterocycles. The van der Waals surface area contributed by atoms with Gasteiger partial charge in [0.05, 0.1) is 24.4 Å². The Labute approximate surface area is 122 Å². The average Bonchev–Trinajstić information content (AvgIpc) is 3.13. The SMILES string of the molecule is N=C/N=C(/N)c1ccc(C2CCC(COC(=O)CN)O2)[nH]1. The number of amidine groups is 1. The van der Waals surface area contributed by atoms with Crippen LogP contribution in [0.3, 0.4) is 0 Å². The Hall–Kier alpha value is -2.19. The normalized spacial score (nSPS) is 22.2. The topological polar surface area (TPSA) is 140 Å². The maximum absolute atomic E-state index is 11.0. The van der Waals surface area contributed by atoms with Gasteiger partial charge in [-0.2, -0.15) is 0 Å². The van der Waals surface area contributed by atoms with E-state index in [2.05, 4.69) is 9.98 Å². The summed E-state index contributed by atoms with van der Waals surface area (Å²) >= 11 is 0. The molecule has 1 aromatic heterocycles. The van der Waals surface area contributed by atoms with Gasteiger partial charge in [0.2, 0.25) is 0 Å². The van der Waals surface area contributed by atoms with E-state index in [4.69, 9.17) is 26.4 Å². The lowest BCUT2D eigenvalue weighted by molar-refractivity contribution is -0.145. The number of ether oxygens (including phenoxy) is 2. The number of aliphatic imine (C=N–C) groups is 1. The summed E-state index contributed by atoms with van der Waals surface area (Å²) in [5, 5.41) is 6.90. The molecular formula is C13H19N5O3. The molecule has 21 heavy (non-hydrogen) atoms. The summed E-state index contributed by atoms with van der Waals surface area (Å²) in [5.41, 5.74) is 12.4. The lowest BCUT2D eigenvalue weighted by Gasteiger charge is -2.13. The molecule has 1 fully saturated rings. The summed E-state index contributed by atoms with van der Waals surface area (Å²) < 4.78 is 10.8. The van der Waals surface area contributed by atoms with Crippen molar-refractivity contribution in [3.05, 3.63) is 23.5 Å². The summed E-state index contributed by atoms with van der Waals surface area (Å²) in [6, 6.07) is 3.67. The number of hydrogen-bond acceptors (Lipinski definition) is 5. The predicted octanol–water partition coefficient (Wildman–Crippen LogP) is 0.0491. The number of carbonyl (C=O) groups excluding carboxylic acids is 1. The minimum Gasteiger partial charge on any atom is -0.462 e. The number of rotatable bonds is 6. The highest BCUT2D eigenvalue weighted by Gasteiger charge is 2.28. The van der Waals surface area contributed by atoms with E-state index in [1.165, 1.54) is 0 Å². The van der Waals surface area contributed by atoms with Gasteiger partial charge in [-0.1, -0.05) is 0 Å². The number of H-pyrrole nitrogens is 1. The van der Waals surface area contributed by atoms with Gasteiger partial charge < -0.3 is 25.9 Å². The number of esters is 1. The van der Waals surface area contributed by atoms with Crippen LogP contribution in [0.1, 0.15) is 30.3 Å². The first-order chi connectivity index (χ1) is 10.1. The third-order valence-electron chi connectivity index (χ3n) is 3.24. The number of hydrogen-bond donors (Lipinski definition) is 4. The van der Waals surface area contributed by atoms with Crippen LogP contribution in [0.4, 0.5) is 0 Å². The van der Waals surface area contributed by atoms with Gasteiger partial charge in [-0.05, 0) is 25.0 Å². The molecule has 6 N–H and O–H groups in total.